The van der Waals surface area contributed by atoms with Crippen molar-refractivity contribution in [3.8, 4) is 5.75 Å². The number of amides is 2. The van der Waals surface area contributed by atoms with Gasteiger partial charge in [-0.15, -0.1) is 11.8 Å². The van der Waals surface area contributed by atoms with Crippen LogP contribution in [0.15, 0.2) is 83.8 Å². The van der Waals surface area contributed by atoms with Crippen LogP contribution in [0.2, 0.25) is 0 Å². The first-order valence-electron chi connectivity index (χ1n) is 10.6. The van der Waals surface area contributed by atoms with Gasteiger partial charge in [0.15, 0.2) is 0 Å². The Kier molecular flexibility index (Phi) is 7.12. The molecule has 0 spiro atoms. The molecular formula is C26H26N2O3S. The molecule has 32 heavy (non-hydrogen) atoms. The second-order valence-corrected chi connectivity index (χ2v) is 8.43. The van der Waals surface area contributed by atoms with E-state index < -0.39 is 0 Å². The van der Waals surface area contributed by atoms with E-state index in [4.69, 9.17) is 4.74 Å². The maximum absolute atomic E-state index is 12.9. The van der Waals surface area contributed by atoms with Gasteiger partial charge in [-0.2, -0.15) is 0 Å². The lowest BCUT2D eigenvalue weighted by Gasteiger charge is -2.35. The summed E-state index contributed by atoms with van der Waals surface area (Å²) in [7, 11) is 0. The monoisotopic (exact) mass is 446 g/mol. The number of rotatable bonds is 6. The molecule has 0 N–H and O–H groups in total. The van der Waals surface area contributed by atoms with Gasteiger partial charge in [-0.05, 0) is 48.2 Å². The zero-order valence-electron chi connectivity index (χ0n) is 18.1. The van der Waals surface area contributed by atoms with E-state index in [-0.39, 0.29) is 11.8 Å². The highest BCUT2D eigenvalue weighted by Crippen LogP contribution is 2.22. The second-order valence-electron chi connectivity index (χ2n) is 7.58. The molecule has 164 valence electrons. The number of benzene rings is 3. The zero-order valence-corrected chi connectivity index (χ0v) is 18.9. The quantitative estimate of drug-likeness (QED) is 0.520. The minimum absolute atomic E-state index is 0.0174. The van der Waals surface area contributed by atoms with Gasteiger partial charge in [0, 0.05) is 36.6 Å². The second kappa shape index (κ2) is 10.4. The van der Waals surface area contributed by atoms with Crippen LogP contribution in [-0.2, 0) is 6.61 Å². The molecule has 0 atom stereocenters. The third-order valence-corrected chi connectivity index (χ3v) is 6.34. The average Bonchev–Trinajstić information content (AvgIpc) is 2.87. The molecule has 2 amide bonds. The Morgan fingerprint density at radius 3 is 2.03 bits per heavy atom. The summed E-state index contributed by atoms with van der Waals surface area (Å²) in [6, 6.07) is 24.9. The molecule has 1 heterocycles. The molecule has 5 nitrogen and oxygen atoms in total. The first kappa shape index (κ1) is 22.0. The van der Waals surface area contributed by atoms with Crippen molar-refractivity contribution in [3.63, 3.8) is 0 Å². The van der Waals surface area contributed by atoms with Crippen molar-refractivity contribution in [2.24, 2.45) is 0 Å². The predicted molar refractivity (Wildman–Crippen MR) is 127 cm³/mol. The summed E-state index contributed by atoms with van der Waals surface area (Å²) in [5, 5.41) is 0. The van der Waals surface area contributed by atoms with Gasteiger partial charge in [0.25, 0.3) is 11.8 Å². The third kappa shape index (κ3) is 5.14. The molecule has 0 saturated carbocycles. The van der Waals surface area contributed by atoms with E-state index in [9.17, 15) is 9.59 Å². The van der Waals surface area contributed by atoms with Crippen LogP contribution in [0.3, 0.4) is 0 Å². The fourth-order valence-electron chi connectivity index (χ4n) is 3.72. The van der Waals surface area contributed by atoms with Crippen molar-refractivity contribution < 1.29 is 14.3 Å². The van der Waals surface area contributed by atoms with Gasteiger partial charge >= 0.3 is 0 Å². The molecule has 0 radical (unpaired) electrons. The van der Waals surface area contributed by atoms with Crippen LogP contribution in [-0.4, -0.2) is 54.0 Å². The number of piperazine rings is 1. The van der Waals surface area contributed by atoms with Crippen LogP contribution >= 0.6 is 11.8 Å². The Labute approximate surface area is 193 Å². The van der Waals surface area contributed by atoms with Crippen molar-refractivity contribution >= 4 is 23.6 Å². The number of hydrogen-bond acceptors (Lipinski definition) is 4. The summed E-state index contributed by atoms with van der Waals surface area (Å²) >= 11 is 1.57. The summed E-state index contributed by atoms with van der Waals surface area (Å²) in [4.78, 5) is 30.5. The highest BCUT2D eigenvalue weighted by Gasteiger charge is 2.26. The molecule has 1 fully saturated rings. The predicted octanol–water partition coefficient (Wildman–Crippen LogP) is 4.59. The van der Waals surface area contributed by atoms with Gasteiger partial charge in [0.05, 0.1) is 5.56 Å². The molecule has 3 aromatic rings. The molecule has 1 aliphatic heterocycles. The Morgan fingerprint density at radius 2 is 1.38 bits per heavy atom. The van der Waals surface area contributed by atoms with Gasteiger partial charge < -0.3 is 14.5 Å². The van der Waals surface area contributed by atoms with E-state index in [1.54, 1.807) is 23.9 Å². The highest BCUT2D eigenvalue weighted by atomic mass is 32.2. The molecule has 0 bridgehead atoms. The number of thioether (sulfide) groups is 1. The zero-order chi connectivity index (χ0) is 22.3. The molecule has 1 saturated heterocycles. The molecule has 0 aliphatic carbocycles. The smallest absolute Gasteiger partial charge is 0.255 e. The number of hydrogen-bond donors (Lipinski definition) is 0. The standard InChI is InChI=1S/C26H26N2O3S/c1-32-24-10-6-5-9-23(24)26(30)28-17-15-27(16-18-28)25(29)21-11-13-22(14-12-21)31-19-20-7-3-2-4-8-20/h2-14H,15-19H2,1H3. The molecular weight excluding hydrogens is 420 g/mol. The van der Waals surface area contributed by atoms with Crippen LogP contribution in [0, 0.1) is 0 Å². The van der Waals surface area contributed by atoms with E-state index in [0.717, 1.165) is 21.8 Å². The molecule has 6 heteroatoms. The average molecular weight is 447 g/mol. The Morgan fingerprint density at radius 1 is 0.781 bits per heavy atom. The maximum Gasteiger partial charge on any atom is 0.255 e. The third-order valence-electron chi connectivity index (χ3n) is 5.54. The summed E-state index contributed by atoms with van der Waals surface area (Å²) < 4.78 is 5.80. The van der Waals surface area contributed by atoms with Gasteiger partial charge in [0.1, 0.15) is 12.4 Å². The SMILES string of the molecule is CSc1ccccc1C(=O)N1CCN(C(=O)c2ccc(OCc3ccccc3)cc2)CC1. The van der Waals surface area contributed by atoms with E-state index in [1.807, 2.05) is 82.8 Å². The topological polar surface area (TPSA) is 49.9 Å². The fraction of sp³-hybridized carbons (Fsp3) is 0.231. The van der Waals surface area contributed by atoms with E-state index >= 15 is 0 Å². The summed E-state index contributed by atoms with van der Waals surface area (Å²) in [6.07, 6.45) is 1.97. The molecule has 4 rings (SSSR count). The Hall–Kier alpha value is -3.25. The van der Waals surface area contributed by atoms with E-state index in [2.05, 4.69) is 0 Å². The minimum atomic E-state index is -0.0174. The summed E-state index contributed by atoms with van der Waals surface area (Å²) in [5.41, 5.74) is 2.45. The number of nitrogens with zero attached hydrogens (tertiary/aromatic N) is 2. The molecule has 1 aliphatic rings. The van der Waals surface area contributed by atoms with Gasteiger partial charge in [0.2, 0.25) is 0 Å². The van der Waals surface area contributed by atoms with Crippen LogP contribution in [0.1, 0.15) is 26.3 Å². The van der Waals surface area contributed by atoms with Crippen molar-refractivity contribution in [2.45, 2.75) is 11.5 Å². The van der Waals surface area contributed by atoms with Crippen LogP contribution in [0.25, 0.3) is 0 Å². The molecule has 0 aromatic heterocycles. The maximum atomic E-state index is 12.9. The lowest BCUT2D eigenvalue weighted by Crippen LogP contribution is -2.50. The van der Waals surface area contributed by atoms with Crippen molar-refractivity contribution in [2.75, 3.05) is 32.4 Å². The molecule has 0 unspecified atom stereocenters. The Balaban J connectivity index is 1.31. The number of carbonyl (C=O) groups excluding carboxylic acids is 2. The Bertz CT molecular complexity index is 1060. The number of ether oxygens (including phenoxy) is 1. The first-order valence-corrected chi connectivity index (χ1v) is 11.9. The van der Waals surface area contributed by atoms with Gasteiger partial charge in [-0.25, -0.2) is 0 Å². The van der Waals surface area contributed by atoms with Gasteiger partial charge in [-0.3, -0.25) is 9.59 Å². The van der Waals surface area contributed by atoms with Crippen LogP contribution in [0.5, 0.6) is 5.75 Å². The number of carbonyl (C=O) groups is 2. The highest BCUT2D eigenvalue weighted by molar-refractivity contribution is 7.98. The van der Waals surface area contributed by atoms with Crippen LogP contribution in [0.4, 0.5) is 0 Å². The van der Waals surface area contributed by atoms with Crippen molar-refractivity contribution in [3.05, 3.63) is 95.6 Å². The van der Waals surface area contributed by atoms with Gasteiger partial charge in [-0.1, -0.05) is 42.5 Å². The van der Waals surface area contributed by atoms with E-state index in [1.165, 1.54) is 0 Å². The lowest BCUT2D eigenvalue weighted by atomic mass is 10.1. The van der Waals surface area contributed by atoms with Crippen molar-refractivity contribution in [1.29, 1.82) is 0 Å². The molecule has 3 aromatic carbocycles. The first-order chi connectivity index (χ1) is 15.7. The summed E-state index contributed by atoms with van der Waals surface area (Å²) in [6.45, 7) is 2.61. The normalized spacial score (nSPS) is 13.7. The fourth-order valence-corrected chi connectivity index (χ4v) is 4.31. The minimum Gasteiger partial charge on any atom is -0.489 e. The van der Waals surface area contributed by atoms with E-state index in [0.29, 0.717) is 38.3 Å². The lowest BCUT2D eigenvalue weighted by molar-refractivity contribution is 0.0533. The van der Waals surface area contributed by atoms with Crippen LogP contribution < -0.4 is 4.74 Å². The summed E-state index contributed by atoms with van der Waals surface area (Å²) in [5.74, 6) is 0.742. The van der Waals surface area contributed by atoms with Crippen molar-refractivity contribution in [1.82, 2.24) is 9.80 Å². The largest absolute Gasteiger partial charge is 0.489 e.